The van der Waals surface area contributed by atoms with Crippen LogP contribution in [0.2, 0.25) is 0 Å². The molecule has 1 unspecified atom stereocenters. The maximum atomic E-state index is 12.2. The van der Waals surface area contributed by atoms with E-state index in [9.17, 15) is 4.79 Å². The Bertz CT molecular complexity index is 421. The first kappa shape index (κ1) is 15.5. The summed E-state index contributed by atoms with van der Waals surface area (Å²) in [6, 6.07) is 7.01. The Morgan fingerprint density at radius 2 is 2.00 bits per heavy atom. The van der Waals surface area contributed by atoms with Gasteiger partial charge in [-0.15, -0.1) is 0 Å². The van der Waals surface area contributed by atoms with Gasteiger partial charge in [0, 0.05) is 12.6 Å². The summed E-state index contributed by atoms with van der Waals surface area (Å²) in [4.78, 5) is 14.1. The number of nitrogens with zero attached hydrogens (tertiary/aromatic N) is 1. The van der Waals surface area contributed by atoms with Crippen LogP contribution in [0, 0.1) is 0 Å². The van der Waals surface area contributed by atoms with Crippen LogP contribution >= 0.6 is 0 Å². The smallest absolute Gasteiger partial charge is 0.241 e. The quantitative estimate of drug-likeness (QED) is 0.677. The zero-order chi connectivity index (χ0) is 14.4. The molecule has 1 aromatic carbocycles. The van der Waals surface area contributed by atoms with E-state index in [0.717, 1.165) is 0 Å². The predicted octanol–water partition coefficient (Wildman–Crippen LogP) is 1.30. The molecule has 0 saturated heterocycles. The number of nitrogens with one attached hydrogen (secondary N) is 1. The van der Waals surface area contributed by atoms with Gasteiger partial charge in [-0.05, 0) is 32.9 Å². The average molecular weight is 265 g/mol. The highest BCUT2D eigenvalue weighted by Crippen LogP contribution is 2.17. The number of aliphatic hydroxyl groups excluding tert-OH is 1. The lowest BCUT2D eigenvalue weighted by Gasteiger charge is -2.31. The summed E-state index contributed by atoms with van der Waals surface area (Å²) in [5.41, 5.74) is 6.96. The Morgan fingerprint density at radius 1 is 1.37 bits per heavy atom. The number of amides is 1. The van der Waals surface area contributed by atoms with Crippen molar-refractivity contribution in [2.45, 2.75) is 32.9 Å². The van der Waals surface area contributed by atoms with Crippen molar-refractivity contribution in [2.75, 3.05) is 24.2 Å². The zero-order valence-electron chi connectivity index (χ0n) is 11.8. The number of anilines is 2. The van der Waals surface area contributed by atoms with Crippen molar-refractivity contribution in [3.63, 3.8) is 0 Å². The van der Waals surface area contributed by atoms with E-state index in [1.807, 2.05) is 37.8 Å². The van der Waals surface area contributed by atoms with Gasteiger partial charge < -0.3 is 16.2 Å². The van der Waals surface area contributed by atoms with Gasteiger partial charge in [-0.3, -0.25) is 9.69 Å². The fraction of sp³-hybridized carbons (Fsp3) is 0.500. The van der Waals surface area contributed by atoms with Crippen LogP contribution in [0.3, 0.4) is 0 Å². The number of para-hydroxylation sites is 2. The number of nitrogens with two attached hydrogens (primary N) is 1. The van der Waals surface area contributed by atoms with Crippen LogP contribution < -0.4 is 11.1 Å². The van der Waals surface area contributed by atoms with E-state index in [4.69, 9.17) is 10.8 Å². The molecule has 0 fully saturated rings. The second-order valence-electron chi connectivity index (χ2n) is 4.81. The summed E-state index contributed by atoms with van der Waals surface area (Å²) in [5.74, 6) is -0.125. The maximum absolute atomic E-state index is 12.2. The third-order valence-electron chi connectivity index (χ3n) is 3.12. The standard InChI is InChI=1S/C14H23N3O2/c1-10(2)17(8-9-18)11(3)14(19)16-13-7-5-4-6-12(13)15/h4-7,10-11,18H,8-9,15H2,1-3H3,(H,16,19). The van der Waals surface area contributed by atoms with Gasteiger partial charge in [0.2, 0.25) is 5.91 Å². The summed E-state index contributed by atoms with van der Waals surface area (Å²) in [6.45, 7) is 6.32. The van der Waals surface area contributed by atoms with Crippen LogP contribution in [0.4, 0.5) is 11.4 Å². The highest BCUT2D eigenvalue weighted by Gasteiger charge is 2.23. The first-order valence-corrected chi connectivity index (χ1v) is 6.49. The minimum Gasteiger partial charge on any atom is -0.397 e. The highest BCUT2D eigenvalue weighted by atomic mass is 16.3. The van der Waals surface area contributed by atoms with E-state index < -0.39 is 0 Å². The number of hydrogen-bond acceptors (Lipinski definition) is 4. The zero-order valence-corrected chi connectivity index (χ0v) is 11.8. The summed E-state index contributed by atoms with van der Waals surface area (Å²) in [7, 11) is 0. The van der Waals surface area contributed by atoms with E-state index >= 15 is 0 Å². The van der Waals surface area contributed by atoms with Gasteiger partial charge >= 0.3 is 0 Å². The number of aliphatic hydroxyl groups is 1. The molecule has 0 saturated carbocycles. The van der Waals surface area contributed by atoms with Crippen molar-refractivity contribution in [3.8, 4) is 0 Å². The fourth-order valence-electron chi connectivity index (χ4n) is 2.01. The molecule has 1 amide bonds. The molecule has 0 heterocycles. The number of carbonyl (C=O) groups excluding carboxylic acids is 1. The Hall–Kier alpha value is -1.59. The molecule has 0 aromatic heterocycles. The molecular formula is C14H23N3O2. The first-order valence-electron chi connectivity index (χ1n) is 6.49. The van der Waals surface area contributed by atoms with Crippen LogP contribution in [0.1, 0.15) is 20.8 Å². The minimum absolute atomic E-state index is 0.0310. The van der Waals surface area contributed by atoms with Gasteiger partial charge in [0.05, 0.1) is 24.0 Å². The molecule has 1 rings (SSSR count). The van der Waals surface area contributed by atoms with Crippen LogP contribution in [0.25, 0.3) is 0 Å². The van der Waals surface area contributed by atoms with Crippen molar-refractivity contribution in [3.05, 3.63) is 24.3 Å². The Labute approximate surface area is 114 Å². The van der Waals surface area contributed by atoms with Gasteiger partial charge in [0.25, 0.3) is 0 Å². The average Bonchev–Trinajstić information content (AvgIpc) is 2.37. The van der Waals surface area contributed by atoms with Gasteiger partial charge in [0.15, 0.2) is 0 Å². The monoisotopic (exact) mass is 265 g/mol. The van der Waals surface area contributed by atoms with Crippen LogP contribution in [0.5, 0.6) is 0 Å². The topological polar surface area (TPSA) is 78.6 Å². The lowest BCUT2D eigenvalue weighted by atomic mass is 10.2. The van der Waals surface area contributed by atoms with Gasteiger partial charge in [0.1, 0.15) is 0 Å². The Kier molecular flexibility index (Phi) is 5.79. The van der Waals surface area contributed by atoms with E-state index in [1.54, 1.807) is 12.1 Å². The third-order valence-corrected chi connectivity index (χ3v) is 3.12. The maximum Gasteiger partial charge on any atom is 0.241 e. The number of nitrogen functional groups attached to an aromatic ring is 1. The number of carbonyl (C=O) groups is 1. The van der Waals surface area contributed by atoms with Crippen molar-refractivity contribution >= 4 is 17.3 Å². The molecule has 106 valence electrons. The minimum atomic E-state index is -0.327. The first-order chi connectivity index (χ1) is 8.97. The molecule has 5 heteroatoms. The Morgan fingerprint density at radius 3 is 2.53 bits per heavy atom. The summed E-state index contributed by atoms with van der Waals surface area (Å²) >= 11 is 0. The van der Waals surface area contributed by atoms with Crippen LogP contribution in [-0.4, -0.2) is 41.1 Å². The highest BCUT2D eigenvalue weighted by molar-refractivity contribution is 5.97. The largest absolute Gasteiger partial charge is 0.397 e. The van der Waals surface area contributed by atoms with Gasteiger partial charge in [-0.2, -0.15) is 0 Å². The number of rotatable bonds is 6. The van der Waals surface area contributed by atoms with E-state index in [-0.39, 0.29) is 24.6 Å². The lowest BCUT2D eigenvalue weighted by molar-refractivity contribution is -0.121. The number of hydrogen-bond donors (Lipinski definition) is 3. The molecule has 0 aliphatic carbocycles. The molecule has 4 N–H and O–H groups in total. The molecule has 0 spiro atoms. The molecule has 19 heavy (non-hydrogen) atoms. The van der Waals surface area contributed by atoms with Crippen LogP contribution in [0.15, 0.2) is 24.3 Å². The predicted molar refractivity (Wildman–Crippen MR) is 77.9 cm³/mol. The fourth-order valence-corrected chi connectivity index (χ4v) is 2.01. The Balaban J connectivity index is 2.74. The molecule has 0 bridgehead atoms. The summed E-state index contributed by atoms with van der Waals surface area (Å²) in [6.07, 6.45) is 0. The van der Waals surface area contributed by atoms with Gasteiger partial charge in [-0.1, -0.05) is 12.1 Å². The molecule has 5 nitrogen and oxygen atoms in total. The molecule has 0 aliphatic rings. The molecule has 1 aromatic rings. The third kappa shape index (κ3) is 4.22. The summed E-state index contributed by atoms with van der Waals surface area (Å²) < 4.78 is 0. The second-order valence-corrected chi connectivity index (χ2v) is 4.81. The van der Waals surface area contributed by atoms with Crippen molar-refractivity contribution in [2.24, 2.45) is 0 Å². The van der Waals surface area contributed by atoms with Crippen molar-refractivity contribution in [1.82, 2.24) is 4.90 Å². The second kappa shape index (κ2) is 7.11. The molecule has 0 aliphatic heterocycles. The number of benzene rings is 1. The van der Waals surface area contributed by atoms with Crippen molar-refractivity contribution < 1.29 is 9.90 Å². The van der Waals surface area contributed by atoms with E-state index in [2.05, 4.69) is 5.32 Å². The van der Waals surface area contributed by atoms with Crippen LogP contribution in [-0.2, 0) is 4.79 Å². The SMILES string of the molecule is CC(C)N(CCO)C(C)C(=O)Nc1ccccc1N. The molecule has 0 radical (unpaired) electrons. The summed E-state index contributed by atoms with van der Waals surface area (Å²) in [5, 5.41) is 11.9. The normalized spacial score (nSPS) is 12.7. The van der Waals surface area contributed by atoms with Crippen molar-refractivity contribution in [1.29, 1.82) is 0 Å². The van der Waals surface area contributed by atoms with E-state index in [1.165, 1.54) is 0 Å². The molecular weight excluding hydrogens is 242 g/mol. The van der Waals surface area contributed by atoms with Gasteiger partial charge in [-0.25, -0.2) is 0 Å². The van der Waals surface area contributed by atoms with E-state index in [0.29, 0.717) is 17.9 Å². The molecule has 1 atom stereocenters. The lowest BCUT2D eigenvalue weighted by Crippen LogP contribution is -2.47.